The standard InChI is InChI=1S/C14H22BrN3O/c1-10-6-5-7-14(8-10,17(2)3)13(19)12-11(15)9-16-18(12)4/h9-10H,5-8H2,1-4H3. The normalized spacial score (nSPS) is 27.8. The molecule has 1 aromatic rings. The molecule has 0 radical (unpaired) electrons. The van der Waals surface area contributed by atoms with Crippen LogP contribution >= 0.6 is 15.9 Å². The van der Waals surface area contributed by atoms with Crippen molar-refractivity contribution in [3.8, 4) is 0 Å². The predicted octanol–water partition coefficient (Wildman–Crippen LogP) is 2.88. The van der Waals surface area contributed by atoms with E-state index in [0.717, 1.165) is 23.7 Å². The Morgan fingerprint density at radius 2 is 2.26 bits per heavy atom. The van der Waals surface area contributed by atoms with Crippen molar-refractivity contribution in [3.05, 3.63) is 16.4 Å². The summed E-state index contributed by atoms with van der Waals surface area (Å²) in [4.78, 5) is 15.2. The fraction of sp³-hybridized carbons (Fsp3) is 0.714. The van der Waals surface area contributed by atoms with Gasteiger partial charge >= 0.3 is 0 Å². The van der Waals surface area contributed by atoms with Gasteiger partial charge in [0, 0.05) is 7.05 Å². The molecule has 0 aromatic carbocycles. The van der Waals surface area contributed by atoms with Gasteiger partial charge in [-0.1, -0.05) is 19.8 Å². The van der Waals surface area contributed by atoms with E-state index >= 15 is 0 Å². The Kier molecular flexibility index (Phi) is 4.16. The Morgan fingerprint density at radius 1 is 1.58 bits per heavy atom. The molecule has 2 atom stereocenters. The van der Waals surface area contributed by atoms with Gasteiger partial charge in [0.05, 0.1) is 16.2 Å². The highest BCUT2D eigenvalue weighted by molar-refractivity contribution is 9.10. The van der Waals surface area contributed by atoms with E-state index in [2.05, 4.69) is 32.9 Å². The fourth-order valence-corrected chi connectivity index (χ4v) is 3.75. The van der Waals surface area contributed by atoms with Crippen LogP contribution < -0.4 is 0 Å². The average Bonchev–Trinajstić information content (AvgIpc) is 2.67. The molecule has 0 bridgehead atoms. The minimum atomic E-state index is -0.381. The minimum Gasteiger partial charge on any atom is -0.297 e. The number of aromatic nitrogens is 2. The van der Waals surface area contributed by atoms with Crippen molar-refractivity contribution in [2.45, 2.75) is 38.1 Å². The maximum atomic E-state index is 13.1. The zero-order chi connectivity index (χ0) is 14.2. The molecule has 2 unspecified atom stereocenters. The van der Waals surface area contributed by atoms with E-state index in [1.54, 1.807) is 10.9 Å². The predicted molar refractivity (Wildman–Crippen MR) is 79.3 cm³/mol. The second-order valence-corrected chi connectivity index (χ2v) is 6.78. The van der Waals surface area contributed by atoms with Crippen LogP contribution in [-0.4, -0.2) is 40.1 Å². The Morgan fingerprint density at radius 3 is 2.74 bits per heavy atom. The third kappa shape index (κ3) is 2.50. The van der Waals surface area contributed by atoms with Crippen LogP contribution in [0.3, 0.4) is 0 Å². The lowest BCUT2D eigenvalue weighted by Crippen LogP contribution is -2.54. The highest BCUT2D eigenvalue weighted by atomic mass is 79.9. The molecule has 1 heterocycles. The van der Waals surface area contributed by atoms with Gasteiger partial charge in [-0.05, 0) is 48.8 Å². The van der Waals surface area contributed by atoms with Crippen molar-refractivity contribution in [2.75, 3.05) is 14.1 Å². The number of nitrogens with zero attached hydrogens (tertiary/aromatic N) is 3. The molecule has 1 saturated carbocycles. The van der Waals surface area contributed by atoms with Crippen LogP contribution in [0, 0.1) is 5.92 Å². The number of aryl methyl sites for hydroxylation is 1. The summed E-state index contributed by atoms with van der Waals surface area (Å²) in [5.41, 5.74) is 0.302. The van der Waals surface area contributed by atoms with Gasteiger partial charge in [-0.15, -0.1) is 0 Å². The number of hydrogen-bond donors (Lipinski definition) is 0. The molecule has 1 fully saturated rings. The van der Waals surface area contributed by atoms with Crippen molar-refractivity contribution < 1.29 is 4.79 Å². The highest BCUT2D eigenvalue weighted by Gasteiger charge is 2.45. The summed E-state index contributed by atoms with van der Waals surface area (Å²) < 4.78 is 2.47. The van der Waals surface area contributed by atoms with E-state index < -0.39 is 0 Å². The first-order valence-corrected chi connectivity index (χ1v) is 7.57. The lowest BCUT2D eigenvalue weighted by molar-refractivity contribution is 0.0475. The van der Waals surface area contributed by atoms with Gasteiger partial charge < -0.3 is 0 Å². The lowest BCUT2D eigenvalue weighted by atomic mass is 9.72. The maximum Gasteiger partial charge on any atom is 0.202 e. The Bertz CT molecular complexity index is 464. The van der Waals surface area contributed by atoms with Crippen molar-refractivity contribution in [3.63, 3.8) is 0 Å². The van der Waals surface area contributed by atoms with Crippen molar-refractivity contribution in [1.82, 2.24) is 14.7 Å². The maximum absolute atomic E-state index is 13.1. The zero-order valence-electron chi connectivity index (χ0n) is 12.1. The zero-order valence-corrected chi connectivity index (χ0v) is 13.7. The molecule has 1 aliphatic rings. The van der Waals surface area contributed by atoms with Crippen LogP contribution in [0.4, 0.5) is 0 Å². The van der Waals surface area contributed by atoms with E-state index in [1.807, 2.05) is 21.1 Å². The number of Topliss-reactive ketones (excluding diaryl/α,β-unsaturated/α-hetero) is 1. The monoisotopic (exact) mass is 327 g/mol. The van der Waals surface area contributed by atoms with E-state index in [-0.39, 0.29) is 11.3 Å². The summed E-state index contributed by atoms with van der Waals surface area (Å²) in [7, 11) is 5.86. The smallest absolute Gasteiger partial charge is 0.202 e. The SMILES string of the molecule is CC1CCCC(C(=O)c2c(Br)cnn2C)(N(C)C)C1. The van der Waals surface area contributed by atoms with E-state index in [4.69, 9.17) is 0 Å². The van der Waals surface area contributed by atoms with Crippen LogP contribution in [-0.2, 0) is 7.05 Å². The molecule has 106 valence electrons. The van der Waals surface area contributed by atoms with Gasteiger partial charge in [0.1, 0.15) is 5.69 Å². The first kappa shape index (κ1) is 14.7. The Balaban J connectivity index is 2.42. The first-order chi connectivity index (χ1) is 8.88. The largest absolute Gasteiger partial charge is 0.297 e. The van der Waals surface area contributed by atoms with Gasteiger partial charge in [0.15, 0.2) is 0 Å². The van der Waals surface area contributed by atoms with E-state index in [1.165, 1.54) is 6.42 Å². The van der Waals surface area contributed by atoms with Gasteiger partial charge in [-0.25, -0.2) is 0 Å². The van der Waals surface area contributed by atoms with Crippen LogP contribution in [0.2, 0.25) is 0 Å². The molecule has 0 amide bonds. The summed E-state index contributed by atoms with van der Waals surface area (Å²) in [5.74, 6) is 0.781. The molecular formula is C14H22BrN3O. The number of halogens is 1. The van der Waals surface area contributed by atoms with Gasteiger partial charge in [0.2, 0.25) is 5.78 Å². The third-order valence-electron chi connectivity index (χ3n) is 4.36. The number of rotatable bonds is 3. The molecule has 1 aromatic heterocycles. The number of ketones is 1. The molecule has 0 aliphatic heterocycles. The van der Waals surface area contributed by atoms with E-state index in [9.17, 15) is 4.79 Å². The van der Waals surface area contributed by atoms with Gasteiger partial charge in [0.25, 0.3) is 0 Å². The molecule has 1 aliphatic carbocycles. The quantitative estimate of drug-likeness (QED) is 0.801. The Hall–Kier alpha value is -0.680. The van der Waals surface area contributed by atoms with E-state index in [0.29, 0.717) is 11.6 Å². The van der Waals surface area contributed by atoms with Crippen LogP contribution in [0.15, 0.2) is 10.7 Å². The minimum absolute atomic E-state index is 0.191. The van der Waals surface area contributed by atoms with Crippen molar-refractivity contribution >= 4 is 21.7 Å². The number of carbonyl (C=O) groups excluding carboxylic acids is 1. The molecule has 2 rings (SSSR count). The highest BCUT2D eigenvalue weighted by Crippen LogP contribution is 2.39. The number of hydrogen-bond acceptors (Lipinski definition) is 3. The first-order valence-electron chi connectivity index (χ1n) is 6.78. The fourth-order valence-electron chi connectivity index (χ4n) is 3.23. The average molecular weight is 328 g/mol. The molecule has 0 saturated heterocycles. The van der Waals surface area contributed by atoms with Gasteiger partial charge in [-0.2, -0.15) is 5.10 Å². The van der Waals surface area contributed by atoms with Crippen molar-refractivity contribution in [1.29, 1.82) is 0 Å². The molecule has 0 N–H and O–H groups in total. The summed E-state index contributed by atoms with van der Waals surface area (Å²) >= 11 is 3.45. The topological polar surface area (TPSA) is 38.1 Å². The second kappa shape index (κ2) is 5.37. The molecule has 0 spiro atoms. The summed E-state index contributed by atoms with van der Waals surface area (Å²) in [6.07, 6.45) is 5.88. The third-order valence-corrected chi connectivity index (χ3v) is 4.94. The van der Waals surface area contributed by atoms with Crippen LogP contribution in [0.1, 0.15) is 43.1 Å². The second-order valence-electron chi connectivity index (χ2n) is 5.92. The number of carbonyl (C=O) groups is 1. The van der Waals surface area contributed by atoms with Crippen LogP contribution in [0.25, 0.3) is 0 Å². The Labute approximate surface area is 123 Å². The number of likely N-dealkylation sites (N-methyl/N-ethyl adjacent to an activating group) is 1. The van der Waals surface area contributed by atoms with Gasteiger partial charge in [-0.3, -0.25) is 14.4 Å². The molecule has 4 nitrogen and oxygen atoms in total. The molecular weight excluding hydrogens is 306 g/mol. The molecule has 5 heteroatoms. The molecule has 19 heavy (non-hydrogen) atoms. The summed E-state index contributed by atoms with van der Waals surface area (Å²) in [6, 6.07) is 0. The van der Waals surface area contributed by atoms with Crippen molar-refractivity contribution in [2.24, 2.45) is 13.0 Å². The summed E-state index contributed by atoms with van der Waals surface area (Å²) in [5, 5.41) is 4.17. The van der Waals surface area contributed by atoms with Crippen LogP contribution in [0.5, 0.6) is 0 Å². The lowest BCUT2D eigenvalue weighted by Gasteiger charge is -2.43. The summed E-state index contributed by atoms with van der Waals surface area (Å²) in [6.45, 7) is 2.24.